The van der Waals surface area contributed by atoms with E-state index in [1.165, 1.54) is 11.2 Å². The number of aromatic amines is 1. The minimum absolute atomic E-state index is 0.366. The van der Waals surface area contributed by atoms with Crippen LogP contribution in [0.2, 0.25) is 0 Å². The quantitative estimate of drug-likeness (QED) is 0.442. The average molecular weight is 492 g/mol. The standard InChI is InChI=1S/C24H23F2N9O/c1-33-19(21(36)35-12-24(25,26)13-35)8-16-6-7-34(11-20(16)33)23-28-14-27-22(32-23)31-18-4-2-15(3-5-18)17-9-29-30-10-17/h2-5,8-10,14H,6-7,11-13H2,1H3,(H,29,30)(H,27,28,31,32). The molecule has 3 aromatic heterocycles. The van der Waals surface area contributed by atoms with E-state index < -0.39 is 19.0 Å². The molecule has 0 spiro atoms. The van der Waals surface area contributed by atoms with Crippen molar-refractivity contribution in [3.05, 3.63) is 66.0 Å². The Morgan fingerprint density at radius 3 is 2.67 bits per heavy atom. The number of rotatable bonds is 5. The van der Waals surface area contributed by atoms with Crippen LogP contribution in [0.15, 0.2) is 49.1 Å². The van der Waals surface area contributed by atoms with E-state index in [4.69, 9.17) is 0 Å². The smallest absolute Gasteiger partial charge is 0.282 e. The van der Waals surface area contributed by atoms with Gasteiger partial charge in [-0.3, -0.25) is 9.89 Å². The third-order valence-corrected chi connectivity index (χ3v) is 6.60. The minimum Gasteiger partial charge on any atom is -0.342 e. The first-order valence-electron chi connectivity index (χ1n) is 11.5. The Hall–Kier alpha value is -4.35. The topological polar surface area (TPSA) is 108 Å². The number of nitrogens with one attached hydrogen (secondary N) is 2. The molecule has 4 aromatic rings. The molecule has 1 fully saturated rings. The van der Waals surface area contributed by atoms with Gasteiger partial charge in [-0.05, 0) is 35.7 Å². The van der Waals surface area contributed by atoms with Gasteiger partial charge in [-0.15, -0.1) is 0 Å². The maximum Gasteiger partial charge on any atom is 0.282 e. The highest BCUT2D eigenvalue weighted by atomic mass is 19.3. The second-order valence-electron chi connectivity index (χ2n) is 9.05. The normalized spacial score (nSPS) is 16.4. The lowest BCUT2D eigenvalue weighted by atomic mass is 10.1. The van der Waals surface area contributed by atoms with E-state index in [2.05, 4.69) is 30.5 Å². The number of hydrogen-bond acceptors (Lipinski definition) is 7. The van der Waals surface area contributed by atoms with Crippen LogP contribution in [0.5, 0.6) is 0 Å². The van der Waals surface area contributed by atoms with Crippen molar-refractivity contribution >= 4 is 23.5 Å². The fraction of sp³-hybridized carbons (Fsp3) is 0.292. The number of nitrogens with zero attached hydrogens (tertiary/aromatic N) is 7. The van der Waals surface area contributed by atoms with E-state index in [1.807, 2.05) is 41.4 Å². The van der Waals surface area contributed by atoms with Gasteiger partial charge in [0.25, 0.3) is 11.8 Å². The van der Waals surface area contributed by atoms with Crippen molar-refractivity contribution in [2.75, 3.05) is 29.9 Å². The molecule has 5 heterocycles. The molecule has 0 radical (unpaired) electrons. The molecule has 36 heavy (non-hydrogen) atoms. The van der Waals surface area contributed by atoms with Crippen molar-refractivity contribution in [2.45, 2.75) is 18.9 Å². The lowest BCUT2D eigenvalue weighted by Gasteiger charge is -2.38. The van der Waals surface area contributed by atoms with E-state index in [1.54, 1.807) is 17.8 Å². The number of anilines is 3. The van der Waals surface area contributed by atoms with Gasteiger partial charge >= 0.3 is 0 Å². The van der Waals surface area contributed by atoms with Crippen LogP contribution in [0.25, 0.3) is 11.1 Å². The molecule has 2 aliphatic heterocycles. The molecule has 0 atom stereocenters. The molecule has 0 unspecified atom stereocenters. The van der Waals surface area contributed by atoms with Gasteiger partial charge in [-0.1, -0.05) is 12.1 Å². The molecule has 10 nitrogen and oxygen atoms in total. The summed E-state index contributed by atoms with van der Waals surface area (Å²) in [6.45, 7) is 0.106. The maximum absolute atomic E-state index is 13.2. The number of hydrogen-bond donors (Lipinski definition) is 2. The van der Waals surface area contributed by atoms with Gasteiger partial charge in [0.05, 0.1) is 25.8 Å². The molecule has 1 aromatic carbocycles. The predicted octanol–water partition coefficient (Wildman–Crippen LogP) is 3.00. The molecule has 1 saturated heterocycles. The number of carbonyl (C=O) groups is 1. The van der Waals surface area contributed by atoms with Gasteiger partial charge in [0.2, 0.25) is 11.9 Å². The minimum atomic E-state index is -2.79. The van der Waals surface area contributed by atoms with Gasteiger partial charge in [0.15, 0.2) is 0 Å². The molecule has 6 rings (SSSR count). The summed E-state index contributed by atoms with van der Waals surface area (Å²) >= 11 is 0. The van der Waals surface area contributed by atoms with E-state index in [9.17, 15) is 13.6 Å². The molecule has 184 valence electrons. The summed E-state index contributed by atoms with van der Waals surface area (Å²) in [5.74, 6) is -2.22. The van der Waals surface area contributed by atoms with Crippen LogP contribution in [0.1, 0.15) is 21.7 Å². The van der Waals surface area contributed by atoms with Gasteiger partial charge in [-0.25, -0.2) is 18.7 Å². The van der Waals surface area contributed by atoms with Crippen molar-refractivity contribution in [1.82, 2.24) is 34.6 Å². The lowest BCUT2D eigenvalue weighted by molar-refractivity contribution is -0.113. The van der Waals surface area contributed by atoms with Crippen LogP contribution < -0.4 is 10.2 Å². The average Bonchev–Trinajstić information content (AvgIpc) is 3.51. The molecule has 2 N–H and O–H groups in total. The Bertz CT molecular complexity index is 1410. The molecule has 0 bridgehead atoms. The molecule has 12 heteroatoms. The number of H-pyrrole nitrogens is 1. The zero-order chi connectivity index (χ0) is 24.9. The number of aromatic nitrogens is 6. The third-order valence-electron chi connectivity index (χ3n) is 6.60. The molecule has 0 saturated carbocycles. The molecule has 0 aliphatic carbocycles. The predicted molar refractivity (Wildman–Crippen MR) is 128 cm³/mol. The third kappa shape index (κ3) is 4.04. The molecular weight excluding hydrogens is 468 g/mol. The van der Waals surface area contributed by atoms with Gasteiger partial charge in [0, 0.05) is 36.7 Å². The number of fused-ring (bicyclic) bond motifs is 1. The molecule has 2 aliphatic rings. The zero-order valence-electron chi connectivity index (χ0n) is 19.4. The number of likely N-dealkylation sites (tertiary alicyclic amines) is 1. The Morgan fingerprint density at radius 2 is 1.94 bits per heavy atom. The van der Waals surface area contributed by atoms with Crippen LogP contribution in [-0.2, 0) is 20.0 Å². The largest absolute Gasteiger partial charge is 0.342 e. The Labute approximate surface area is 205 Å². The molecular formula is C24H23F2N9O. The van der Waals surface area contributed by atoms with Crippen molar-refractivity contribution in [3.63, 3.8) is 0 Å². The highest BCUT2D eigenvalue weighted by Crippen LogP contribution is 2.31. The number of carbonyl (C=O) groups excluding carboxylic acids is 1. The summed E-state index contributed by atoms with van der Waals surface area (Å²) in [4.78, 5) is 29.1. The van der Waals surface area contributed by atoms with Gasteiger partial charge in [0.1, 0.15) is 12.0 Å². The second-order valence-corrected chi connectivity index (χ2v) is 9.05. The van der Waals surface area contributed by atoms with E-state index in [0.29, 0.717) is 37.1 Å². The van der Waals surface area contributed by atoms with Crippen molar-refractivity contribution in [2.24, 2.45) is 7.05 Å². The second kappa shape index (κ2) is 8.40. The first-order chi connectivity index (χ1) is 17.4. The number of alkyl halides is 2. The summed E-state index contributed by atoms with van der Waals surface area (Å²) in [5, 5.41) is 9.99. The van der Waals surface area contributed by atoms with E-state index in [0.717, 1.165) is 28.1 Å². The van der Waals surface area contributed by atoms with Crippen molar-refractivity contribution < 1.29 is 13.6 Å². The number of halogens is 2. The monoisotopic (exact) mass is 491 g/mol. The Morgan fingerprint density at radius 1 is 1.14 bits per heavy atom. The molecule has 1 amide bonds. The fourth-order valence-corrected chi connectivity index (χ4v) is 4.62. The maximum atomic E-state index is 13.2. The summed E-state index contributed by atoms with van der Waals surface area (Å²) in [5.41, 5.74) is 5.28. The van der Waals surface area contributed by atoms with Gasteiger partial charge in [-0.2, -0.15) is 10.1 Å². The van der Waals surface area contributed by atoms with Crippen LogP contribution >= 0.6 is 0 Å². The summed E-state index contributed by atoms with van der Waals surface area (Å²) in [6, 6.07) is 9.66. The number of amides is 1. The lowest BCUT2D eigenvalue weighted by Crippen LogP contribution is -2.58. The SMILES string of the molecule is Cn1c(C(=O)N2CC(F)(F)C2)cc2c1CN(c1ncnc(Nc3ccc(-c4cn[nH]c4)cc3)n1)CC2. The van der Waals surface area contributed by atoms with Crippen LogP contribution in [0, 0.1) is 0 Å². The van der Waals surface area contributed by atoms with Crippen molar-refractivity contribution in [3.8, 4) is 11.1 Å². The summed E-state index contributed by atoms with van der Waals surface area (Å²) < 4.78 is 28.3. The van der Waals surface area contributed by atoms with E-state index in [-0.39, 0.29) is 5.91 Å². The van der Waals surface area contributed by atoms with Crippen molar-refractivity contribution in [1.29, 1.82) is 0 Å². The first-order valence-corrected chi connectivity index (χ1v) is 11.5. The summed E-state index contributed by atoms with van der Waals surface area (Å²) in [7, 11) is 1.79. The number of benzene rings is 1. The van der Waals surface area contributed by atoms with Crippen LogP contribution in [0.4, 0.5) is 26.4 Å². The highest BCUT2D eigenvalue weighted by Gasteiger charge is 2.47. The van der Waals surface area contributed by atoms with Crippen LogP contribution in [0.3, 0.4) is 0 Å². The Kier molecular flexibility index (Phi) is 5.16. The fourth-order valence-electron chi connectivity index (χ4n) is 4.62. The highest BCUT2D eigenvalue weighted by molar-refractivity contribution is 5.94. The Balaban J connectivity index is 1.16. The zero-order valence-corrected chi connectivity index (χ0v) is 19.4. The van der Waals surface area contributed by atoms with Gasteiger partial charge < -0.3 is 19.7 Å². The van der Waals surface area contributed by atoms with Crippen LogP contribution in [-0.4, -0.2) is 66.1 Å². The summed E-state index contributed by atoms with van der Waals surface area (Å²) in [6.07, 6.45) is 5.75. The first kappa shape index (κ1) is 22.1. The van der Waals surface area contributed by atoms with E-state index >= 15 is 0 Å².